The van der Waals surface area contributed by atoms with Crippen LogP contribution in [-0.4, -0.2) is 73.3 Å². The van der Waals surface area contributed by atoms with Crippen LogP contribution >= 0.6 is 11.8 Å². The largest absolute Gasteiger partial charge is 1.00 e. The molecular formula is C44H44Cl2O8S3. The van der Waals surface area contributed by atoms with E-state index >= 15 is 0 Å². The minimum absolute atomic E-state index is 0. The zero-order valence-corrected chi connectivity index (χ0v) is 34.9. The molecule has 0 aliphatic heterocycles. The van der Waals surface area contributed by atoms with Crippen LogP contribution in [-0.2, 0) is 21.8 Å². The Morgan fingerprint density at radius 3 is 0.702 bits per heavy atom. The summed E-state index contributed by atoms with van der Waals surface area (Å²) in [7, 11) is -0.811. The predicted octanol–water partition coefficient (Wildman–Crippen LogP) is 1.52. The molecule has 0 radical (unpaired) electrons. The number of halogens is 2. The summed E-state index contributed by atoms with van der Waals surface area (Å²) >= 11 is 1.71. The highest BCUT2D eigenvalue weighted by Gasteiger charge is 2.30. The van der Waals surface area contributed by atoms with E-state index in [0.717, 1.165) is 39.2 Å². The van der Waals surface area contributed by atoms with Gasteiger partial charge in [0.15, 0.2) is 29.4 Å². The molecule has 6 aromatic carbocycles. The van der Waals surface area contributed by atoms with Crippen molar-refractivity contribution < 1.29 is 64.2 Å². The van der Waals surface area contributed by atoms with Gasteiger partial charge in [-0.2, -0.15) is 0 Å². The van der Waals surface area contributed by atoms with Gasteiger partial charge in [0.25, 0.3) is 0 Å². The molecule has 0 aliphatic carbocycles. The fraction of sp³-hybridized carbons (Fsp3) is 0.182. The topological polar surface area (TPSA) is 118 Å². The van der Waals surface area contributed by atoms with Gasteiger partial charge < -0.3 is 64.2 Å². The van der Waals surface area contributed by atoms with Crippen molar-refractivity contribution in [2.75, 3.05) is 52.9 Å². The molecule has 6 aromatic rings. The zero-order chi connectivity index (χ0) is 38.2. The third kappa shape index (κ3) is 13.0. The number of rotatable bonds is 20. The first-order valence-electron chi connectivity index (χ1n) is 17.8. The first-order chi connectivity index (χ1) is 27.1. The maximum Gasteiger partial charge on any atom is 0.166 e. The summed E-state index contributed by atoms with van der Waals surface area (Å²) in [5.74, 6) is 2.84. The summed E-state index contributed by atoms with van der Waals surface area (Å²) in [6.45, 7) is 0.825. The molecule has 0 unspecified atom stereocenters. The normalized spacial score (nSPS) is 10.8. The molecule has 300 valence electrons. The Morgan fingerprint density at radius 1 is 0.316 bits per heavy atom. The lowest BCUT2D eigenvalue weighted by Crippen LogP contribution is -3.00. The average molecular weight is 868 g/mol. The first kappa shape index (κ1) is 45.7. The van der Waals surface area contributed by atoms with E-state index < -0.39 is 21.8 Å². The van der Waals surface area contributed by atoms with Crippen LogP contribution in [0.5, 0.6) is 23.0 Å². The summed E-state index contributed by atoms with van der Waals surface area (Å²) in [5, 5.41) is 36.7. The number of benzene rings is 6. The fourth-order valence-corrected chi connectivity index (χ4v) is 10.5. The number of aliphatic hydroxyl groups is 4. The molecule has 4 N–H and O–H groups in total. The van der Waals surface area contributed by atoms with Gasteiger partial charge in [0, 0.05) is 9.79 Å². The van der Waals surface area contributed by atoms with Crippen molar-refractivity contribution in [2.45, 2.75) is 39.2 Å². The number of hydrogen-bond acceptors (Lipinski definition) is 9. The van der Waals surface area contributed by atoms with Crippen molar-refractivity contribution in [3.63, 3.8) is 0 Å². The van der Waals surface area contributed by atoms with Crippen molar-refractivity contribution in [3.05, 3.63) is 146 Å². The van der Waals surface area contributed by atoms with E-state index in [2.05, 4.69) is 97.1 Å². The second kappa shape index (κ2) is 24.0. The van der Waals surface area contributed by atoms with Crippen molar-refractivity contribution in [2.24, 2.45) is 0 Å². The van der Waals surface area contributed by atoms with E-state index in [4.69, 9.17) is 39.4 Å². The van der Waals surface area contributed by atoms with Crippen molar-refractivity contribution in [1.29, 1.82) is 0 Å². The molecule has 0 aliphatic rings. The Morgan fingerprint density at radius 2 is 0.509 bits per heavy atom. The van der Waals surface area contributed by atoms with Crippen LogP contribution < -0.4 is 43.8 Å². The van der Waals surface area contributed by atoms with Crippen LogP contribution in [0.1, 0.15) is 0 Å². The van der Waals surface area contributed by atoms with Gasteiger partial charge in [0.05, 0.1) is 48.2 Å². The lowest BCUT2D eigenvalue weighted by Gasteiger charge is -2.12. The fourth-order valence-electron chi connectivity index (χ4n) is 5.58. The molecule has 0 aromatic heterocycles. The van der Waals surface area contributed by atoms with E-state index in [-0.39, 0.29) is 77.7 Å². The molecule has 13 heteroatoms. The van der Waals surface area contributed by atoms with Gasteiger partial charge in [-0.3, -0.25) is 0 Å². The summed E-state index contributed by atoms with van der Waals surface area (Å²) in [6.07, 6.45) is 0. The van der Waals surface area contributed by atoms with Crippen LogP contribution in [0.2, 0.25) is 0 Å². The maximum absolute atomic E-state index is 9.17. The summed E-state index contributed by atoms with van der Waals surface area (Å²) in [5.41, 5.74) is 0. The monoisotopic (exact) mass is 866 g/mol. The van der Waals surface area contributed by atoms with Gasteiger partial charge in [-0.05, 0) is 146 Å². The highest BCUT2D eigenvalue weighted by atomic mass is 35.5. The lowest BCUT2D eigenvalue weighted by atomic mass is 10.3. The summed E-state index contributed by atoms with van der Waals surface area (Å²) < 4.78 is 22.5. The highest BCUT2D eigenvalue weighted by Crippen LogP contribution is 2.38. The molecule has 6 rings (SSSR count). The SMILES string of the molecule is OCCOc1ccc([S+](c2ccc(OCCO)cc2)c2ccc(Sc3ccc([S+](c4ccc(OCCO)cc4)c4ccc(OCCO)cc4)cc3)cc2)cc1.[Cl-].[Cl-]. The van der Waals surface area contributed by atoms with Crippen LogP contribution in [0.15, 0.2) is 185 Å². The molecule has 0 spiro atoms. The Balaban J connectivity index is 0.00000360. The minimum atomic E-state index is -0.405. The quantitative estimate of drug-likeness (QED) is 0.0849. The number of aliphatic hydroxyl groups excluding tert-OH is 4. The summed E-state index contributed by atoms with van der Waals surface area (Å²) in [6, 6.07) is 49.5. The van der Waals surface area contributed by atoms with Gasteiger partial charge in [0.2, 0.25) is 0 Å². The minimum Gasteiger partial charge on any atom is -1.00 e. The van der Waals surface area contributed by atoms with Crippen LogP contribution in [0.25, 0.3) is 0 Å². The van der Waals surface area contributed by atoms with E-state index in [0.29, 0.717) is 23.0 Å². The second-order valence-corrected chi connectivity index (χ2v) is 17.0. The van der Waals surface area contributed by atoms with Gasteiger partial charge in [-0.1, -0.05) is 11.8 Å². The Bertz CT molecular complexity index is 1770. The first-order valence-corrected chi connectivity index (χ1v) is 21.1. The molecule has 8 nitrogen and oxygen atoms in total. The van der Waals surface area contributed by atoms with Crippen LogP contribution in [0, 0.1) is 0 Å². The molecule has 0 saturated heterocycles. The second-order valence-electron chi connectivity index (χ2n) is 11.8. The molecule has 0 amide bonds. The van der Waals surface area contributed by atoms with Crippen molar-refractivity contribution in [1.82, 2.24) is 0 Å². The van der Waals surface area contributed by atoms with Gasteiger partial charge in [0.1, 0.15) is 49.4 Å². The molecular weight excluding hydrogens is 824 g/mol. The highest BCUT2D eigenvalue weighted by molar-refractivity contribution is 7.99. The smallest absolute Gasteiger partial charge is 0.166 e. The molecule has 57 heavy (non-hydrogen) atoms. The maximum atomic E-state index is 9.17. The molecule has 0 heterocycles. The molecule has 0 atom stereocenters. The Kier molecular flexibility index (Phi) is 19.3. The molecule has 0 fully saturated rings. The average Bonchev–Trinajstić information content (AvgIpc) is 3.24. The van der Waals surface area contributed by atoms with E-state index in [1.54, 1.807) is 11.8 Å². The van der Waals surface area contributed by atoms with E-state index in [9.17, 15) is 0 Å². The molecule has 0 saturated carbocycles. The predicted molar refractivity (Wildman–Crippen MR) is 217 cm³/mol. The van der Waals surface area contributed by atoms with E-state index in [1.807, 2.05) is 48.5 Å². The van der Waals surface area contributed by atoms with Crippen molar-refractivity contribution >= 4 is 33.6 Å². The molecule has 0 bridgehead atoms. The van der Waals surface area contributed by atoms with Gasteiger partial charge in [-0.25, -0.2) is 0 Å². The van der Waals surface area contributed by atoms with Gasteiger partial charge >= 0.3 is 0 Å². The Hall–Kier alpha value is -4.01. The third-order valence-corrected chi connectivity index (χ3v) is 13.5. The number of ether oxygens (including phenoxy) is 4. The Labute approximate surface area is 356 Å². The lowest BCUT2D eigenvalue weighted by molar-refractivity contribution is -0.001000. The van der Waals surface area contributed by atoms with Gasteiger partial charge in [-0.15, -0.1) is 0 Å². The summed E-state index contributed by atoms with van der Waals surface area (Å²) in [4.78, 5) is 9.10. The standard InChI is InChI=1S/C44H44O8S3.2ClH/c45-25-29-49-33-1-13-39(14-2-33)54(40-15-3-34(4-16-40)50-30-26-46)43-21-9-37(10-22-43)53-38-11-23-44(24-12-38)55(41-17-5-35(6-18-41)51-31-27-47)42-19-7-36(8-20-42)52-32-28-48;;/h1-24,45-48H,25-32H2;2*1H/q+2;;/p-2. The van der Waals surface area contributed by atoms with E-state index in [1.165, 1.54) is 0 Å². The number of hydrogen-bond donors (Lipinski definition) is 4. The zero-order valence-electron chi connectivity index (χ0n) is 30.9. The van der Waals surface area contributed by atoms with Crippen LogP contribution in [0.4, 0.5) is 0 Å². The third-order valence-electron chi connectivity index (χ3n) is 8.03. The van der Waals surface area contributed by atoms with Crippen LogP contribution in [0.3, 0.4) is 0 Å². The van der Waals surface area contributed by atoms with Crippen molar-refractivity contribution in [3.8, 4) is 23.0 Å².